The minimum absolute atomic E-state index is 0. The molecule has 2 rings (SSSR count). The molecule has 2 unspecified atom stereocenters. The van der Waals surface area contributed by atoms with Crippen molar-refractivity contribution in [2.45, 2.75) is 43.9 Å². The molecule has 2 atom stereocenters. The summed E-state index contributed by atoms with van der Waals surface area (Å²) in [4.78, 5) is 16.2. The standard InChI is InChI=1S/C13H25N3O2.ClH/c1-15(10-3-4-10)13(17)9-16-6-5-12(18-2)7-11(16)8-14;/h10-12H,3-9,14H2,1-2H3;1H. The first kappa shape index (κ1) is 16.7. The molecule has 6 heteroatoms. The van der Waals surface area contributed by atoms with Gasteiger partial charge in [-0.2, -0.15) is 0 Å². The molecule has 2 aliphatic rings. The molecule has 1 saturated heterocycles. The van der Waals surface area contributed by atoms with Gasteiger partial charge in [-0.25, -0.2) is 0 Å². The number of piperidine rings is 1. The number of hydrogen-bond acceptors (Lipinski definition) is 4. The van der Waals surface area contributed by atoms with Crippen molar-refractivity contribution in [1.82, 2.24) is 9.80 Å². The van der Waals surface area contributed by atoms with Gasteiger partial charge >= 0.3 is 0 Å². The summed E-state index contributed by atoms with van der Waals surface area (Å²) in [6, 6.07) is 0.769. The number of nitrogens with two attached hydrogens (primary N) is 1. The van der Waals surface area contributed by atoms with Crippen molar-refractivity contribution in [3.63, 3.8) is 0 Å². The Labute approximate surface area is 121 Å². The zero-order valence-corrected chi connectivity index (χ0v) is 12.7. The highest BCUT2D eigenvalue weighted by molar-refractivity contribution is 5.85. The lowest BCUT2D eigenvalue weighted by Crippen LogP contribution is -2.52. The van der Waals surface area contributed by atoms with E-state index in [4.69, 9.17) is 10.5 Å². The van der Waals surface area contributed by atoms with E-state index in [9.17, 15) is 4.79 Å². The number of ether oxygens (including phenoxy) is 1. The highest BCUT2D eigenvalue weighted by Crippen LogP contribution is 2.26. The Hall–Kier alpha value is -0.360. The monoisotopic (exact) mass is 291 g/mol. The van der Waals surface area contributed by atoms with Crippen LogP contribution >= 0.6 is 12.4 Å². The molecule has 0 spiro atoms. The van der Waals surface area contributed by atoms with Crippen LogP contribution in [0, 0.1) is 0 Å². The molecular weight excluding hydrogens is 266 g/mol. The number of carbonyl (C=O) groups excluding carboxylic acids is 1. The Balaban J connectivity index is 0.00000180. The van der Waals surface area contributed by atoms with Crippen LogP contribution in [0.3, 0.4) is 0 Å². The lowest BCUT2D eigenvalue weighted by molar-refractivity contribution is -0.133. The summed E-state index contributed by atoms with van der Waals surface area (Å²) in [7, 11) is 3.67. The van der Waals surface area contributed by atoms with E-state index in [2.05, 4.69) is 4.90 Å². The maximum absolute atomic E-state index is 12.1. The van der Waals surface area contributed by atoms with Crippen LogP contribution < -0.4 is 5.73 Å². The second-order valence-corrected chi connectivity index (χ2v) is 5.48. The number of hydrogen-bond donors (Lipinski definition) is 1. The molecule has 1 aliphatic carbocycles. The van der Waals surface area contributed by atoms with E-state index in [1.54, 1.807) is 7.11 Å². The molecule has 0 aromatic heterocycles. The molecule has 0 radical (unpaired) electrons. The molecule has 0 bridgehead atoms. The molecule has 1 aliphatic heterocycles. The van der Waals surface area contributed by atoms with Gasteiger partial charge in [-0.1, -0.05) is 0 Å². The maximum atomic E-state index is 12.1. The lowest BCUT2D eigenvalue weighted by atomic mass is 9.99. The van der Waals surface area contributed by atoms with Crippen molar-refractivity contribution in [2.75, 3.05) is 33.8 Å². The largest absolute Gasteiger partial charge is 0.381 e. The smallest absolute Gasteiger partial charge is 0.236 e. The topological polar surface area (TPSA) is 58.8 Å². The molecule has 2 fully saturated rings. The first-order valence-electron chi connectivity index (χ1n) is 6.88. The van der Waals surface area contributed by atoms with Gasteiger partial charge in [0.2, 0.25) is 5.91 Å². The van der Waals surface area contributed by atoms with Crippen molar-refractivity contribution >= 4 is 18.3 Å². The lowest BCUT2D eigenvalue weighted by Gasteiger charge is -2.38. The summed E-state index contributed by atoms with van der Waals surface area (Å²) in [5.41, 5.74) is 5.81. The molecule has 19 heavy (non-hydrogen) atoms. The van der Waals surface area contributed by atoms with E-state index < -0.39 is 0 Å². The van der Waals surface area contributed by atoms with Gasteiger partial charge in [-0.05, 0) is 25.7 Å². The number of halogens is 1. The fourth-order valence-corrected chi connectivity index (χ4v) is 2.68. The number of likely N-dealkylation sites (tertiary alicyclic amines) is 1. The van der Waals surface area contributed by atoms with Crippen LogP contribution in [-0.4, -0.2) is 67.7 Å². The predicted molar refractivity (Wildman–Crippen MR) is 77.5 cm³/mol. The number of methoxy groups -OCH3 is 1. The van der Waals surface area contributed by atoms with Crippen LogP contribution in [0.15, 0.2) is 0 Å². The average Bonchev–Trinajstić information content (AvgIpc) is 3.22. The highest BCUT2D eigenvalue weighted by atomic mass is 35.5. The van der Waals surface area contributed by atoms with Crippen LogP contribution in [0.2, 0.25) is 0 Å². The summed E-state index contributed by atoms with van der Waals surface area (Å²) in [6.07, 6.45) is 4.55. The SMILES string of the molecule is COC1CCN(CC(=O)N(C)C2CC2)C(CN)C1.Cl. The van der Waals surface area contributed by atoms with E-state index in [1.807, 2.05) is 11.9 Å². The first-order chi connectivity index (χ1) is 8.65. The van der Waals surface area contributed by atoms with Crippen molar-refractivity contribution in [3.05, 3.63) is 0 Å². The van der Waals surface area contributed by atoms with E-state index in [0.717, 1.165) is 32.2 Å². The third-order valence-electron chi connectivity index (χ3n) is 4.22. The highest BCUT2D eigenvalue weighted by Gasteiger charge is 2.33. The number of amides is 1. The van der Waals surface area contributed by atoms with Crippen molar-refractivity contribution in [2.24, 2.45) is 5.73 Å². The maximum Gasteiger partial charge on any atom is 0.236 e. The number of carbonyl (C=O) groups is 1. The molecule has 1 heterocycles. The van der Waals surface area contributed by atoms with Gasteiger partial charge in [0.15, 0.2) is 0 Å². The zero-order chi connectivity index (χ0) is 13.1. The third kappa shape index (κ3) is 4.31. The molecule has 1 saturated carbocycles. The van der Waals surface area contributed by atoms with Gasteiger partial charge in [0.25, 0.3) is 0 Å². The van der Waals surface area contributed by atoms with Gasteiger partial charge < -0.3 is 15.4 Å². The Morgan fingerprint density at radius 1 is 1.42 bits per heavy atom. The Morgan fingerprint density at radius 3 is 2.63 bits per heavy atom. The summed E-state index contributed by atoms with van der Waals surface area (Å²) in [6.45, 7) is 2.01. The van der Waals surface area contributed by atoms with Gasteiger partial charge in [-0.3, -0.25) is 9.69 Å². The quantitative estimate of drug-likeness (QED) is 0.800. The normalized spacial score (nSPS) is 27.7. The predicted octanol–water partition coefficient (Wildman–Crippen LogP) is 0.467. The molecule has 112 valence electrons. The zero-order valence-electron chi connectivity index (χ0n) is 11.9. The van der Waals surface area contributed by atoms with Gasteiger partial charge in [0, 0.05) is 39.3 Å². The summed E-state index contributed by atoms with van der Waals surface area (Å²) < 4.78 is 5.39. The number of likely N-dealkylation sites (N-methyl/N-ethyl adjacent to an activating group) is 1. The average molecular weight is 292 g/mol. The van der Waals surface area contributed by atoms with Crippen LogP contribution in [0.5, 0.6) is 0 Å². The molecule has 0 aromatic rings. The van der Waals surface area contributed by atoms with E-state index in [1.165, 1.54) is 0 Å². The second kappa shape index (κ2) is 7.43. The number of nitrogens with zero attached hydrogens (tertiary/aromatic N) is 2. The summed E-state index contributed by atoms with van der Waals surface area (Å²) >= 11 is 0. The van der Waals surface area contributed by atoms with E-state index in [0.29, 0.717) is 25.2 Å². The molecule has 0 aromatic carbocycles. The third-order valence-corrected chi connectivity index (χ3v) is 4.22. The summed E-state index contributed by atoms with van der Waals surface area (Å²) in [5.74, 6) is 0.229. The second-order valence-electron chi connectivity index (χ2n) is 5.48. The van der Waals surface area contributed by atoms with Crippen molar-refractivity contribution in [1.29, 1.82) is 0 Å². The first-order valence-corrected chi connectivity index (χ1v) is 6.88. The minimum atomic E-state index is 0. The van der Waals surface area contributed by atoms with Gasteiger partial charge in [-0.15, -0.1) is 12.4 Å². The Bertz CT molecular complexity index is 300. The van der Waals surface area contributed by atoms with Gasteiger partial charge in [0.1, 0.15) is 0 Å². The van der Waals surface area contributed by atoms with Crippen LogP contribution in [-0.2, 0) is 9.53 Å². The van der Waals surface area contributed by atoms with Crippen molar-refractivity contribution in [3.8, 4) is 0 Å². The van der Waals surface area contributed by atoms with E-state index in [-0.39, 0.29) is 24.4 Å². The Morgan fingerprint density at radius 2 is 2.11 bits per heavy atom. The van der Waals surface area contributed by atoms with Crippen LogP contribution in [0.25, 0.3) is 0 Å². The number of rotatable bonds is 5. The van der Waals surface area contributed by atoms with Crippen molar-refractivity contribution < 1.29 is 9.53 Å². The van der Waals surface area contributed by atoms with Gasteiger partial charge in [0.05, 0.1) is 12.6 Å². The molecular formula is C13H26ClN3O2. The van der Waals surface area contributed by atoms with Crippen LogP contribution in [0.4, 0.5) is 0 Å². The molecule has 5 nitrogen and oxygen atoms in total. The Kier molecular flexibility index (Phi) is 6.53. The fourth-order valence-electron chi connectivity index (χ4n) is 2.68. The van der Waals surface area contributed by atoms with E-state index >= 15 is 0 Å². The minimum Gasteiger partial charge on any atom is -0.381 e. The summed E-state index contributed by atoms with van der Waals surface area (Å²) in [5, 5.41) is 0. The van der Waals surface area contributed by atoms with Crippen LogP contribution in [0.1, 0.15) is 25.7 Å². The fraction of sp³-hybridized carbons (Fsp3) is 0.923. The molecule has 2 N–H and O–H groups in total. The molecule has 1 amide bonds.